The number of rotatable bonds is 5. The van der Waals surface area contributed by atoms with Crippen LogP contribution in [-0.2, 0) is 15.0 Å². The average Bonchev–Trinajstić information content (AvgIpc) is 3.29. The van der Waals surface area contributed by atoms with Gasteiger partial charge in [0.15, 0.2) is 0 Å². The highest BCUT2D eigenvalue weighted by atomic mass is 16.2. The van der Waals surface area contributed by atoms with E-state index >= 15 is 0 Å². The van der Waals surface area contributed by atoms with E-state index in [1.165, 1.54) is 12.0 Å². The Morgan fingerprint density at radius 3 is 2.57 bits per heavy atom. The third-order valence-electron chi connectivity index (χ3n) is 5.81. The van der Waals surface area contributed by atoms with Crippen molar-refractivity contribution in [3.8, 4) is 0 Å². The van der Waals surface area contributed by atoms with E-state index in [0.29, 0.717) is 25.6 Å². The van der Waals surface area contributed by atoms with Crippen molar-refractivity contribution < 1.29 is 9.59 Å². The van der Waals surface area contributed by atoms with Gasteiger partial charge in [0.1, 0.15) is 0 Å². The highest BCUT2D eigenvalue weighted by Crippen LogP contribution is 2.43. The van der Waals surface area contributed by atoms with E-state index in [4.69, 9.17) is 0 Å². The first kappa shape index (κ1) is 14.7. The summed E-state index contributed by atoms with van der Waals surface area (Å²) in [5.41, 5.74) is 1.43. The van der Waals surface area contributed by atoms with Gasteiger partial charge in [0, 0.05) is 31.0 Å². The fourth-order valence-corrected chi connectivity index (χ4v) is 4.01. The molecule has 0 unspecified atom stereocenters. The summed E-state index contributed by atoms with van der Waals surface area (Å²) in [5, 5.41) is 3.15. The van der Waals surface area contributed by atoms with Crippen molar-refractivity contribution in [3.05, 3.63) is 35.9 Å². The number of hydrogen-bond donors (Lipinski definition) is 1. The standard InChI is InChI=1S/C19H24N2O2/c22-17-11-14(12-21(17)16-7-8-16)18(23)20-13-19(9-4-10-19)15-5-2-1-3-6-15/h1-3,5-6,14,16H,4,7-13H2,(H,20,23)/t14-/m0/s1. The first-order valence-corrected chi connectivity index (χ1v) is 8.81. The minimum absolute atomic E-state index is 0.0590. The second-order valence-corrected chi connectivity index (χ2v) is 7.40. The first-order chi connectivity index (χ1) is 11.2. The number of nitrogens with zero attached hydrogens (tertiary/aromatic N) is 1. The monoisotopic (exact) mass is 312 g/mol. The Labute approximate surface area is 137 Å². The Bertz CT molecular complexity index is 605. The molecule has 3 fully saturated rings. The Balaban J connectivity index is 1.37. The summed E-state index contributed by atoms with van der Waals surface area (Å²) in [4.78, 5) is 26.4. The number of hydrogen-bond acceptors (Lipinski definition) is 2. The summed E-state index contributed by atoms with van der Waals surface area (Å²) in [6.45, 7) is 1.32. The van der Waals surface area contributed by atoms with E-state index in [2.05, 4.69) is 29.6 Å². The van der Waals surface area contributed by atoms with Crippen LogP contribution in [0.4, 0.5) is 0 Å². The molecule has 4 nitrogen and oxygen atoms in total. The van der Waals surface area contributed by atoms with Gasteiger partial charge in [-0.25, -0.2) is 0 Å². The second-order valence-electron chi connectivity index (χ2n) is 7.40. The summed E-state index contributed by atoms with van der Waals surface area (Å²) in [6, 6.07) is 10.9. The molecule has 4 heteroatoms. The van der Waals surface area contributed by atoms with Crippen LogP contribution in [0.2, 0.25) is 0 Å². The SMILES string of the molecule is O=C(NCC1(c2ccccc2)CCC1)[C@H]1CC(=O)N(C2CC2)C1. The predicted molar refractivity (Wildman–Crippen MR) is 87.8 cm³/mol. The van der Waals surface area contributed by atoms with E-state index in [1.807, 2.05) is 11.0 Å². The zero-order valence-corrected chi connectivity index (χ0v) is 13.5. The van der Waals surface area contributed by atoms with Gasteiger partial charge in [0.2, 0.25) is 11.8 Å². The predicted octanol–water partition coefficient (Wildman–Crippen LogP) is 2.24. The van der Waals surface area contributed by atoms with E-state index in [9.17, 15) is 9.59 Å². The molecule has 122 valence electrons. The molecule has 1 heterocycles. The molecule has 1 aromatic carbocycles. The van der Waals surface area contributed by atoms with Crippen LogP contribution < -0.4 is 5.32 Å². The lowest BCUT2D eigenvalue weighted by Gasteiger charge is -2.42. The van der Waals surface area contributed by atoms with E-state index in [1.54, 1.807) is 0 Å². The topological polar surface area (TPSA) is 49.4 Å². The fraction of sp³-hybridized carbons (Fsp3) is 0.579. The fourth-order valence-electron chi connectivity index (χ4n) is 4.01. The number of nitrogens with one attached hydrogen (secondary N) is 1. The summed E-state index contributed by atoms with van der Waals surface area (Å²) in [7, 11) is 0. The van der Waals surface area contributed by atoms with Gasteiger partial charge in [-0.05, 0) is 31.2 Å². The van der Waals surface area contributed by atoms with Crippen molar-refractivity contribution in [3.63, 3.8) is 0 Å². The first-order valence-electron chi connectivity index (χ1n) is 8.81. The molecule has 23 heavy (non-hydrogen) atoms. The van der Waals surface area contributed by atoms with Gasteiger partial charge < -0.3 is 10.2 Å². The van der Waals surface area contributed by atoms with Crippen molar-refractivity contribution in [1.29, 1.82) is 0 Å². The summed E-state index contributed by atoms with van der Waals surface area (Å²) >= 11 is 0. The number of benzene rings is 1. The molecule has 0 bridgehead atoms. The normalized spacial score (nSPS) is 26.0. The van der Waals surface area contributed by atoms with Crippen LogP contribution >= 0.6 is 0 Å². The van der Waals surface area contributed by atoms with E-state index < -0.39 is 0 Å². The molecular weight excluding hydrogens is 288 g/mol. The molecule has 1 aliphatic heterocycles. The smallest absolute Gasteiger partial charge is 0.225 e. The molecule has 1 N–H and O–H groups in total. The molecule has 2 amide bonds. The maximum atomic E-state index is 12.5. The number of carbonyl (C=O) groups is 2. The molecular formula is C19H24N2O2. The zero-order valence-electron chi connectivity index (χ0n) is 13.5. The van der Waals surface area contributed by atoms with Gasteiger partial charge >= 0.3 is 0 Å². The van der Waals surface area contributed by atoms with Crippen molar-refractivity contribution >= 4 is 11.8 Å². The van der Waals surface area contributed by atoms with Gasteiger partial charge in [0.25, 0.3) is 0 Å². The maximum absolute atomic E-state index is 12.5. The number of amides is 2. The van der Waals surface area contributed by atoms with Gasteiger partial charge in [-0.3, -0.25) is 9.59 Å². The Morgan fingerprint density at radius 2 is 1.96 bits per heavy atom. The number of likely N-dealkylation sites (tertiary alicyclic amines) is 1. The lowest BCUT2D eigenvalue weighted by Crippen LogP contribution is -2.47. The largest absolute Gasteiger partial charge is 0.355 e. The van der Waals surface area contributed by atoms with E-state index in [0.717, 1.165) is 25.7 Å². The van der Waals surface area contributed by atoms with Gasteiger partial charge in [-0.15, -0.1) is 0 Å². The molecule has 0 aromatic heterocycles. The lowest BCUT2D eigenvalue weighted by molar-refractivity contribution is -0.129. The molecule has 1 aromatic rings. The molecule has 1 saturated heterocycles. The molecule has 0 spiro atoms. The van der Waals surface area contributed by atoms with Crippen LogP contribution in [0.3, 0.4) is 0 Å². The van der Waals surface area contributed by atoms with Crippen LogP contribution in [0.5, 0.6) is 0 Å². The third kappa shape index (κ3) is 2.75. The van der Waals surface area contributed by atoms with Crippen LogP contribution in [0.1, 0.15) is 44.1 Å². The summed E-state index contributed by atoms with van der Waals surface area (Å²) in [5.74, 6) is 0.0637. The molecule has 2 aliphatic carbocycles. The van der Waals surface area contributed by atoms with Gasteiger partial charge in [-0.2, -0.15) is 0 Å². The molecule has 2 saturated carbocycles. The average molecular weight is 312 g/mol. The third-order valence-corrected chi connectivity index (χ3v) is 5.81. The molecule has 0 radical (unpaired) electrons. The number of carbonyl (C=O) groups excluding carboxylic acids is 2. The van der Waals surface area contributed by atoms with Crippen LogP contribution in [0, 0.1) is 5.92 Å². The lowest BCUT2D eigenvalue weighted by atomic mass is 9.64. The quantitative estimate of drug-likeness (QED) is 0.906. The minimum atomic E-state index is -0.156. The van der Waals surface area contributed by atoms with Crippen LogP contribution in [0.25, 0.3) is 0 Å². The summed E-state index contributed by atoms with van der Waals surface area (Å²) in [6.07, 6.45) is 6.10. The second kappa shape index (κ2) is 5.66. The van der Waals surface area contributed by atoms with Crippen molar-refractivity contribution in [1.82, 2.24) is 10.2 Å². The molecule has 3 aliphatic rings. The van der Waals surface area contributed by atoms with E-state index in [-0.39, 0.29) is 23.1 Å². The molecule has 4 rings (SSSR count). The van der Waals surface area contributed by atoms with Crippen LogP contribution in [-0.4, -0.2) is 35.8 Å². The van der Waals surface area contributed by atoms with Gasteiger partial charge in [-0.1, -0.05) is 36.8 Å². The van der Waals surface area contributed by atoms with Crippen LogP contribution in [0.15, 0.2) is 30.3 Å². The molecule has 1 atom stereocenters. The van der Waals surface area contributed by atoms with Crippen molar-refractivity contribution in [2.24, 2.45) is 5.92 Å². The van der Waals surface area contributed by atoms with Crippen molar-refractivity contribution in [2.45, 2.75) is 50.0 Å². The Morgan fingerprint density at radius 1 is 1.22 bits per heavy atom. The highest BCUT2D eigenvalue weighted by molar-refractivity contribution is 5.89. The Hall–Kier alpha value is -1.84. The highest BCUT2D eigenvalue weighted by Gasteiger charge is 2.43. The van der Waals surface area contributed by atoms with Gasteiger partial charge in [0.05, 0.1) is 5.92 Å². The Kier molecular flexibility index (Phi) is 3.63. The summed E-state index contributed by atoms with van der Waals surface area (Å²) < 4.78 is 0. The maximum Gasteiger partial charge on any atom is 0.225 e. The zero-order chi connectivity index (χ0) is 15.9. The minimum Gasteiger partial charge on any atom is -0.355 e. The van der Waals surface area contributed by atoms with Crippen molar-refractivity contribution in [2.75, 3.05) is 13.1 Å².